The third-order valence-corrected chi connectivity index (χ3v) is 3.85. The number of amides is 1. The molecule has 0 aromatic heterocycles. The zero-order valence-electron chi connectivity index (χ0n) is 12.7. The lowest BCUT2D eigenvalue weighted by Crippen LogP contribution is -2.20. The lowest BCUT2D eigenvalue weighted by Gasteiger charge is -2.11. The van der Waals surface area contributed by atoms with E-state index in [1.807, 2.05) is 55.5 Å². The maximum atomic E-state index is 12.0. The Labute approximate surface area is 139 Å². The number of hydrogen-bond acceptors (Lipinski definition) is 2. The van der Waals surface area contributed by atoms with Crippen molar-refractivity contribution in [2.24, 2.45) is 0 Å². The normalized spacial score (nSPS) is 10.5. The fraction of sp³-hybridized carbons (Fsp3) is 0.105. The van der Waals surface area contributed by atoms with Crippen molar-refractivity contribution in [2.75, 3.05) is 11.9 Å². The van der Waals surface area contributed by atoms with Crippen LogP contribution < -0.4 is 10.1 Å². The van der Waals surface area contributed by atoms with E-state index < -0.39 is 0 Å². The smallest absolute Gasteiger partial charge is 0.262 e. The van der Waals surface area contributed by atoms with Gasteiger partial charge in [0.05, 0.1) is 0 Å². The minimum atomic E-state index is -0.201. The summed E-state index contributed by atoms with van der Waals surface area (Å²) in [6.45, 7) is 1.94. The molecule has 0 atom stereocenters. The van der Waals surface area contributed by atoms with E-state index >= 15 is 0 Å². The van der Waals surface area contributed by atoms with Crippen molar-refractivity contribution in [3.05, 3.63) is 71.2 Å². The van der Waals surface area contributed by atoms with Gasteiger partial charge >= 0.3 is 0 Å². The molecular weight excluding hydrogens is 310 g/mol. The van der Waals surface area contributed by atoms with E-state index in [1.54, 1.807) is 12.1 Å². The van der Waals surface area contributed by atoms with Crippen LogP contribution in [0.2, 0.25) is 5.02 Å². The molecule has 0 aliphatic rings. The predicted molar refractivity (Wildman–Crippen MR) is 94.3 cm³/mol. The van der Waals surface area contributed by atoms with Crippen LogP contribution in [0.15, 0.2) is 60.7 Å². The molecule has 23 heavy (non-hydrogen) atoms. The molecule has 1 amide bonds. The summed E-state index contributed by atoms with van der Waals surface area (Å²) in [6.07, 6.45) is 0. The molecule has 3 aromatic carbocycles. The molecule has 0 heterocycles. The first-order valence-electron chi connectivity index (χ1n) is 7.30. The van der Waals surface area contributed by atoms with E-state index in [-0.39, 0.29) is 12.5 Å². The van der Waals surface area contributed by atoms with Gasteiger partial charge in [0.25, 0.3) is 5.91 Å². The van der Waals surface area contributed by atoms with Gasteiger partial charge in [0.1, 0.15) is 5.75 Å². The number of ether oxygens (including phenoxy) is 1. The number of hydrogen-bond donors (Lipinski definition) is 1. The van der Waals surface area contributed by atoms with Gasteiger partial charge in [-0.1, -0.05) is 53.6 Å². The number of fused-ring (bicyclic) bond motifs is 1. The first kappa shape index (κ1) is 15.4. The molecule has 0 bridgehead atoms. The Bertz CT molecular complexity index is 844. The molecule has 3 rings (SSSR count). The van der Waals surface area contributed by atoms with Crippen molar-refractivity contribution < 1.29 is 9.53 Å². The summed E-state index contributed by atoms with van der Waals surface area (Å²) in [4.78, 5) is 12.0. The van der Waals surface area contributed by atoms with Crippen molar-refractivity contribution in [3.8, 4) is 5.75 Å². The van der Waals surface area contributed by atoms with Crippen molar-refractivity contribution in [1.82, 2.24) is 0 Å². The fourth-order valence-corrected chi connectivity index (χ4v) is 2.57. The Hall–Kier alpha value is -2.52. The molecule has 3 nitrogen and oxygen atoms in total. The number of aryl methyl sites for hydroxylation is 1. The van der Waals surface area contributed by atoms with Gasteiger partial charge in [-0.3, -0.25) is 4.79 Å². The van der Waals surface area contributed by atoms with E-state index in [9.17, 15) is 4.79 Å². The van der Waals surface area contributed by atoms with Crippen LogP contribution in [0.5, 0.6) is 5.75 Å². The number of carbonyl (C=O) groups excluding carboxylic acids is 1. The molecule has 0 aliphatic heterocycles. The average Bonchev–Trinajstić information content (AvgIpc) is 2.57. The monoisotopic (exact) mass is 325 g/mol. The van der Waals surface area contributed by atoms with Crippen molar-refractivity contribution >= 4 is 34.0 Å². The maximum absolute atomic E-state index is 12.0. The molecule has 3 aromatic rings. The molecule has 116 valence electrons. The second-order valence-electron chi connectivity index (χ2n) is 5.29. The minimum Gasteiger partial charge on any atom is -0.483 e. The summed E-state index contributed by atoms with van der Waals surface area (Å²) in [5, 5.41) is 5.27. The summed E-state index contributed by atoms with van der Waals surface area (Å²) < 4.78 is 5.66. The highest BCUT2D eigenvalue weighted by atomic mass is 35.5. The first-order valence-corrected chi connectivity index (χ1v) is 7.68. The van der Waals surface area contributed by atoms with Gasteiger partial charge in [0.2, 0.25) is 0 Å². The maximum Gasteiger partial charge on any atom is 0.262 e. The summed E-state index contributed by atoms with van der Waals surface area (Å²) in [6, 6.07) is 18.9. The second-order valence-corrected chi connectivity index (χ2v) is 5.70. The van der Waals surface area contributed by atoms with Gasteiger partial charge < -0.3 is 10.1 Å². The Morgan fingerprint density at radius 3 is 2.43 bits per heavy atom. The van der Waals surface area contributed by atoms with Gasteiger partial charge in [-0.15, -0.1) is 0 Å². The van der Waals surface area contributed by atoms with E-state index in [1.165, 1.54) is 0 Å². The third kappa shape index (κ3) is 3.63. The zero-order chi connectivity index (χ0) is 16.2. The second kappa shape index (κ2) is 6.71. The fourth-order valence-electron chi connectivity index (χ4n) is 2.34. The summed E-state index contributed by atoms with van der Waals surface area (Å²) >= 11 is 6.18. The molecular formula is C19H16ClNO2. The van der Waals surface area contributed by atoms with E-state index in [0.29, 0.717) is 10.8 Å². The molecule has 0 fully saturated rings. The van der Waals surface area contributed by atoms with Gasteiger partial charge in [-0.05, 0) is 31.2 Å². The summed E-state index contributed by atoms with van der Waals surface area (Å²) in [5.74, 6) is 0.442. The highest BCUT2D eigenvalue weighted by molar-refractivity contribution is 6.35. The summed E-state index contributed by atoms with van der Waals surface area (Å²) in [5.41, 5.74) is 1.90. The predicted octanol–water partition coefficient (Wildman–Crippen LogP) is 4.82. The number of carbonyl (C=O) groups is 1. The van der Waals surface area contributed by atoms with Gasteiger partial charge in [-0.25, -0.2) is 0 Å². The molecule has 0 saturated heterocycles. The SMILES string of the molecule is Cc1ccc(NC(=O)COc2ccc(Cl)c3ccccc23)cc1. The van der Waals surface area contributed by atoms with Crippen LogP contribution in [0.3, 0.4) is 0 Å². The summed E-state index contributed by atoms with van der Waals surface area (Å²) in [7, 11) is 0. The van der Waals surface area contributed by atoms with Crippen LogP contribution >= 0.6 is 11.6 Å². The Morgan fingerprint density at radius 2 is 1.70 bits per heavy atom. The standard InChI is InChI=1S/C19H16ClNO2/c1-13-6-8-14(9-7-13)21-19(22)12-23-18-11-10-17(20)15-4-2-3-5-16(15)18/h2-11H,12H2,1H3,(H,21,22). The topological polar surface area (TPSA) is 38.3 Å². The lowest BCUT2D eigenvalue weighted by molar-refractivity contribution is -0.118. The van der Waals surface area contributed by atoms with Gasteiger partial charge in [0.15, 0.2) is 6.61 Å². The van der Waals surface area contributed by atoms with E-state index in [2.05, 4.69) is 5.32 Å². The number of anilines is 1. The largest absolute Gasteiger partial charge is 0.483 e. The van der Waals surface area contributed by atoms with Crippen LogP contribution in [-0.2, 0) is 4.79 Å². The average molecular weight is 326 g/mol. The molecule has 0 aliphatic carbocycles. The van der Waals surface area contributed by atoms with Crippen LogP contribution in [0.1, 0.15) is 5.56 Å². The van der Waals surface area contributed by atoms with Crippen LogP contribution in [-0.4, -0.2) is 12.5 Å². The quantitative estimate of drug-likeness (QED) is 0.747. The van der Waals surface area contributed by atoms with Crippen LogP contribution in [0, 0.1) is 6.92 Å². The molecule has 0 saturated carbocycles. The van der Waals surface area contributed by atoms with E-state index in [0.717, 1.165) is 22.0 Å². The number of rotatable bonds is 4. The molecule has 4 heteroatoms. The Kier molecular flexibility index (Phi) is 4.49. The Balaban J connectivity index is 1.70. The molecule has 0 spiro atoms. The minimum absolute atomic E-state index is 0.0560. The van der Waals surface area contributed by atoms with Crippen molar-refractivity contribution in [2.45, 2.75) is 6.92 Å². The third-order valence-electron chi connectivity index (χ3n) is 3.52. The van der Waals surface area contributed by atoms with Gasteiger partial charge in [-0.2, -0.15) is 0 Å². The molecule has 1 N–H and O–H groups in total. The van der Waals surface area contributed by atoms with Gasteiger partial charge in [0, 0.05) is 21.5 Å². The molecule has 0 radical (unpaired) electrons. The zero-order valence-corrected chi connectivity index (χ0v) is 13.4. The van der Waals surface area contributed by atoms with Crippen LogP contribution in [0.4, 0.5) is 5.69 Å². The number of halogens is 1. The number of benzene rings is 3. The lowest BCUT2D eigenvalue weighted by atomic mass is 10.1. The molecule has 0 unspecified atom stereocenters. The van der Waals surface area contributed by atoms with Crippen LogP contribution in [0.25, 0.3) is 10.8 Å². The highest BCUT2D eigenvalue weighted by Gasteiger charge is 2.08. The van der Waals surface area contributed by atoms with Crippen molar-refractivity contribution in [1.29, 1.82) is 0 Å². The Morgan fingerprint density at radius 1 is 1.00 bits per heavy atom. The number of nitrogens with one attached hydrogen (secondary N) is 1. The first-order chi connectivity index (χ1) is 11.1. The van der Waals surface area contributed by atoms with Crippen molar-refractivity contribution in [3.63, 3.8) is 0 Å². The van der Waals surface area contributed by atoms with E-state index in [4.69, 9.17) is 16.3 Å². The highest BCUT2D eigenvalue weighted by Crippen LogP contribution is 2.31.